The molecule has 10 heteroatoms. The molecule has 5 rings (SSSR count). The highest BCUT2D eigenvalue weighted by atomic mass is 19.4. The third-order valence-electron chi connectivity index (χ3n) is 6.51. The van der Waals surface area contributed by atoms with Gasteiger partial charge < -0.3 is 20.1 Å². The minimum atomic E-state index is -4.84. The molecule has 0 aromatic heterocycles. The van der Waals surface area contributed by atoms with Gasteiger partial charge in [0.15, 0.2) is 5.78 Å². The van der Waals surface area contributed by atoms with Crippen LogP contribution in [0.5, 0.6) is 5.75 Å². The number of fused-ring (bicyclic) bond motifs is 2. The molecule has 7 nitrogen and oxygen atoms in total. The Morgan fingerprint density at radius 1 is 0.921 bits per heavy atom. The lowest BCUT2D eigenvalue weighted by atomic mass is 9.97. The maximum atomic E-state index is 13.0. The molecule has 0 unspecified atom stereocenters. The van der Waals surface area contributed by atoms with Crippen LogP contribution in [-0.2, 0) is 4.74 Å². The molecule has 3 aromatic carbocycles. The summed E-state index contributed by atoms with van der Waals surface area (Å²) in [7, 11) is 0. The van der Waals surface area contributed by atoms with Crippen LogP contribution in [0.4, 0.5) is 30.2 Å². The first kappa shape index (κ1) is 25.7. The molecule has 0 atom stereocenters. The SMILES string of the molecule is O=C(CCCN1CCOCC1)c1cccc(-c2ccc3c(c2)C(=O)Nc2cc(OC(F)(F)F)ccc2N3)c1. The van der Waals surface area contributed by atoms with Crippen molar-refractivity contribution < 1.29 is 32.2 Å². The number of nitrogens with zero attached hydrogens (tertiary/aromatic N) is 1. The van der Waals surface area contributed by atoms with Crippen LogP contribution in [-0.4, -0.2) is 55.8 Å². The minimum absolute atomic E-state index is 0.0570. The molecule has 3 aromatic rings. The monoisotopic (exact) mass is 525 g/mol. The largest absolute Gasteiger partial charge is 0.573 e. The molecule has 0 radical (unpaired) electrons. The van der Waals surface area contributed by atoms with E-state index >= 15 is 0 Å². The maximum Gasteiger partial charge on any atom is 0.573 e. The van der Waals surface area contributed by atoms with Crippen LogP contribution in [0.25, 0.3) is 11.1 Å². The maximum absolute atomic E-state index is 13.0. The normalized spacial score (nSPS) is 15.5. The van der Waals surface area contributed by atoms with Crippen LogP contribution in [0.2, 0.25) is 0 Å². The van der Waals surface area contributed by atoms with Crippen LogP contribution >= 0.6 is 0 Å². The molecule has 2 aliphatic rings. The summed E-state index contributed by atoms with van der Waals surface area (Å²) in [6.07, 6.45) is -3.63. The molecular weight excluding hydrogens is 499 g/mol. The number of anilines is 3. The number of carbonyl (C=O) groups excluding carboxylic acids is 2. The minimum Gasteiger partial charge on any atom is -0.406 e. The van der Waals surface area contributed by atoms with Gasteiger partial charge >= 0.3 is 6.36 Å². The highest BCUT2D eigenvalue weighted by Crippen LogP contribution is 2.37. The number of Topliss-reactive ketones (excluding diaryl/α,β-unsaturated/α-hetero) is 1. The van der Waals surface area contributed by atoms with Gasteiger partial charge in [0.25, 0.3) is 5.91 Å². The lowest BCUT2D eigenvalue weighted by Crippen LogP contribution is -2.36. The Morgan fingerprint density at radius 2 is 1.68 bits per heavy atom. The topological polar surface area (TPSA) is 79.9 Å². The number of nitrogens with one attached hydrogen (secondary N) is 2. The Bertz CT molecular complexity index is 1350. The van der Waals surface area contributed by atoms with Crippen LogP contribution < -0.4 is 15.4 Å². The van der Waals surface area contributed by atoms with E-state index in [0.29, 0.717) is 28.9 Å². The first-order chi connectivity index (χ1) is 18.2. The molecular formula is C28H26F3N3O4. The third kappa shape index (κ3) is 6.15. The Morgan fingerprint density at radius 3 is 2.47 bits per heavy atom. The lowest BCUT2D eigenvalue weighted by molar-refractivity contribution is -0.274. The number of amides is 1. The molecule has 0 aliphatic carbocycles. The summed E-state index contributed by atoms with van der Waals surface area (Å²) in [5, 5.41) is 5.74. The van der Waals surface area contributed by atoms with Gasteiger partial charge in [-0.05, 0) is 54.4 Å². The molecule has 198 valence electrons. The van der Waals surface area contributed by atoms with Crippen molar-refractivity contribution in [3.05, 3.63) is 71.8 Å². The van der Waals surface area contributed by atoms with Crippen LogP contribution in [0.1, 0.15) is 33.6 Å². The number of ketones is 1. The predicted molar refractivity (Wildman–Crippen MR) is 137 cm³/mol. The first-order valence-electron chi connectivity index (χ1n) is 12.3. The van der Waals surface area contributed by atoms with Crippen molar-refractivity contribution >= 4 is 28.8 Å². The first-order valence-corrected chi connectivity index (χ1v) is 12.3. The second-order valence-corrected chi connectivity index (χ2v) is 9.16. The molecule has 2 N–H and O–H groups in total. The standard InChI is InChI=1S/C28H26F3N3O4/c29-28(30,31)38-21-7-9-24-25(17-21)33-27(36)22-16-19(6-8-23(22)32-24)18-3-1-4-20(15-18)26(35)5-2-10-34-11-13-37-14-12-34/h1,3-4,6-9,15-17,32H,2,5,10-14H2,(H,33,36). The van der Waals surface area contributed by atoms with Crippen molar-refractivity contribution in [2.24, 2.45) is 0 Å². The lowest BCUT2D eigenvalue weighted by Gasteiger charge is -2.26. The van der Waals surface area contributed by atoms with E-state index in [1.807, 2.05) is 24.3 Å². The van der Waals surface area contributed by atoms with Gasteiger partial charge in [-0.25, -0.2) is 0 Å². The van der Waals surface area contributed by atoms with Gasteiger partial charge in [-0.3, -0.25) is 14.5 Å². The van der Waals surface area contributed by atoms with Gasteiger partial charge in [-0.1, -0.05) is 24.3 Å². The molecule has 38 heavy (non-hydrogen) atoms. The zero-order valence-corrected chi connectivity index (χ0v) is 20.4. The van der Waals surface area contributed by atoms with Crippen molar-refractivity contribution in [2.45, 2.75) is 19.2 Å². The fourth-order valence-electron chi connectivity index (χ4n) is 4.59. The van der Waals surface area contributed by atoms with Gasteiger partial charge in [-0.15, -0.1) is 13.2 Å². The second-order valence-electron chi connectivity index (χ2n) is 9.16. The summed E-state index contributed by atoms with van der Waals surface area (Å²) in [4.78, 5) is 28.1. The molecule has 0 bridgehead atoms. The Hall–Kier alpha value is -3.89. The number of benzene rings is 3. The van der Waals surface area contributed by atoms with Gasteiger partial charge in [0.1, 0.15) is 5.75 Å². The van der Waals surface area contributed by atoms with E-state index in [4.69, 9.17) is 4.74 Å². The number of hydrogen-bond donors (Lipinski definition) is 2. The molecule has 1 amide bonds. The Kier molecular flexibility index (Phi) is 7.35. The van der Waals surface area contributed by atoms with E-state index < -0.39 is 18.0 Å². The third-order valence-corrected chi connectivity index (χ3v) is 6.51. The molecule has 2 heterocycles. The van der Waals surface area contributed by atoms with E-state index in [1.54, 1.807) is 18.2 Å². The second kappa shape index (κ2) is 10.8. The number of halogens is 3. The fraction of sp³-hybridized carbons (Fsp3) is 0.286. The van der Waals surface area contributed by atoms with Crippen LogP contribution in [0, 0.1) is 0 Å². The van der Waals surface area contributed by atoms with Crippen LogP contribution in [0.15, 0.2) is 60.7 Å². The van der Waals surface area contributed by atoms with Gasteiger partial charge in [0, 0.05) is 31.1 Å². The summed E-state index contributed by atoms with van der Waals surface area (Å²) in [5.74, 6) is -0.856. The number of hydrogen-bond acceptors (Lipinski definition) is 6. The van der Waals surface area contributed by atoms with Crippen molar-refractivity contribution in [3.8, 4) is 16.9 Å². The quantitative estimate of drug-likeness (QED) is 0.377. The zero-order chi connectivity index (χ0) is 26.7. The summed E-state index contributed by atoms with van der Waals surface area (Å²) >= 11 is 0. The summed E-state index contributed by atoms with van der Waals surface area (Å²) in [6.45, 7) is 4.08. The van der Waals surface area contributed by atoms with Crippen molar-refractivity contribution in [1.82, 2.24) is 4.90 Å². The van der Waals surface area contributed by atoms with E-state index in [-0.39, 0.29) is 11.5 Å². The van der Waals surface area contributed by atoms with Gasteiger partial charge in [0.2, 0.25) is 0 Å². The summed E-state index contributed by atoms with van der Waals surface area (Å²) in [6, 6.07) is 16.2. The number of ether oxygens (including phenoxy) is 2. The molecule has 1 saturated heterocycles. The number of rotatable bonds is 7. The zero-order valence-electron chi connectivity index (χ0n) is 20.4. The number of morpholine rings is 1. The van der Waals surface area contributed by atoms with E-state index in [9.17, 15) is 22.8 Å². The Labute approximate surface area is 217 Å². The van der Waals surface area contributed by atoms with Crippen LogP contribution in [0.3, 0.4) is 0 Å². The van der Waals surface area contributed by atoms with Gasteiger partial charge in [0.05, 0.1) is 35.8 Å². The highest BCUT2D eigenvalue weighted by Gasteiger charge is 2.31. The molecule has 2 aliphatic heterocycles. The van der Waals surface area contributed by atoms with Gasteiger partial charge in [-0.2, -0.15) is 0 Å². The number of carbonyl (C=O) groups is 2. The summed E-state index contributed by atoms with van der Waals surface area (Å²) in [5.41, 5.74) is 3.54. The predicted octanol–water partition coefficient (Wildman–Crippen LogP) is 5.86. The van der Waals surface area contributed by atoms with E-state index in [1.165, 1.54) is 12.1 Å². The van der Waals surface area contributed by atoms with Crippen molar-refractivity contribution in [1.29, 1.82) is 0 Å². The van der Waals surface area contributed by atoms with Crippen molar-refractivity contribution in [2.75, 3.05) is 43.5 Å². The van der Waals surface area contributed by atoms with E-state index in [2.05, 4.69) is 20.3 Å². The molecule has 0 saturated carbocycles. The van der Waals surface area contributed by atoms with E-state index in [0.717, 1.165) is 56.5 Å². The molecule has 0 spiro atoms. The smallest absolute Gasteiger partial charge is 0.406 e. The van der Waals surface area contributed by atoms with Crippen molar-refractivity contribution in [3.63, 3.8) is 0 Å². The Balaban J connectivity index is 1.30. The summed E-state index contributed by atoms with van der Waals surface area (Å²) < 4.78 is 47.2. The number of alkyl halides is 3. The average Bonchev–Trinajstić information content (AvgIpc) is 3.03. The highest BCUT2D eigenvalue weighted by molar-refractivity contribution is 6.13. The molecule has 1 fully saturated rings. The average molecular weight is 526 g/mol. The fourth-order valence-corrected chi connectivity index (χ4v) is 4.59.